The fourth-order valence-electron chi connectivity index (χ4n) is 2.39. The molecule has 9 nitrogen and oxygen atoms in total. The van der Waals surface area contributed by atoms with Crippen LogP contribution in [0.2, 0.25) is 0 Å². The lowest BCUT2D eigenvalue weighted by Crippen LogP contribution is -2.45. The summed E-state index contributed by atoms with van der Waals surface area (Å²) in [6.45, 7) is 2.03. The summed E-state index contributed by atoms with van der Waals surface area (Å²) in [5, 5.41) is 12.2. The van der Waals surface area contributed by atoms with Crippen molar-refractivity contribution in [3.63, 3.8) is 0 Å². The third-order valence-corrected chi connectivity index (χ3v) is 6.71. The van der Waals surface area contributed by atoms with Gasteiger partial charge in [0.2, 0.25) is 0 Å². The van der Waals surface area contributed by atoms with Gasteiger partial charge in [0.1, 0.15) is 0 Å². The number of aryl methyl sites for hydroxylation is 1. The molecule has 0 radical (unpaired) electrons. The lowest BCUT2D eigenvalue weighted by molar-refractivity contribution is -0.479. The molecule has 1 aromatic carbocycles. The van der Waals surface area contributed by atoms with Crippen molar-refractivity contribution < 1.29 is 13.3 Å². The van der Waals surface area contributed by atoms with Crippen molar-refractivity contribution in [2.24, 2.45) is 4.99 Å². The number of nitro groups is 1. The number of aliphatic imine (C=N–C) groups is 1. The lowest BCUT2D eigenvalue weighted by Gasteiger charge is -2.14. The van der Waals surface area contributed by atoms with Gasteiger partial charge >= 0.3 is 5.37 Å². The van der Waals surface area contributed by atoms with Crippen LogP contribution in [0.25, 0.3) is 0 Å². The summed E-state index contributed by atoms with van der Waals surface area (Å²) in [6, 6.07) is 7.26. The molecule has 0 saturated heterocycles. The van der Waals surface area contributed by atoms with Crippen molar-refractivity contribution in [3.8, 4) is 12.3 Å². The molecule has 0 bridgehead atoms. The highest BCUT2D eigenvalue weighted by Crippen LogP contribution is 2.18. The first-order valence-corrected chi connectivity index (χ1v) is 11.3. The van der Waals surface area contributed by atoms with Gasteiger partial charge in [-0.1, -0.05) is 24.1 Å². The maximum atomic E-state index is 12.8. The molecule has 0 aliphatic heterocycles. The number of thioether (sulfide) groups is 1. The van der Waals surface area contributed by atoms with E-state index in [0.29, 0.717) is 11.5 Å². The van der Waals surface area contributed by atoms with Crippen LogP contribution < -0.4 is 5.32 Å². The number of nitrogens with zero attached hydrogens (tertiary/aromatic N) is 3. The van der Waals surface area contributed by atoms with E-state index < -0.39 is 20.1 Å². The van der Waals surface area contributed by atoms with E-state index in [1.54, 1.807) is 12.4 Å². The smallest absolute Gasteiger partial charge is 0.356 e. The second kappa shape index (κ2) is 10.6. The molecule has 0 saturated carbocycles. The van der Waals surface area contributed by atoms with E-state index in [9.17, 15) is 18.5 Å². The maximum Gasteiger partial charge on any atom is 0.370 e. The molecule has 0 amide bonds. The number of terminal acetylenes is 1. The molecule has 0 spiro atoms. The Kier molecular flexibility index (Phi) is 8.23. The third-order valence-electron chi connectivity index (χ3n) is 3.85. The Labute approximate surface area is 173 Å². The minimum absolute atomic E-state index is 0.0763. The second-order valence-electron chi connectivity index (χ2n) is 5.85. The van der Waals surface area contributed by atoms with E-state index in [1.165, 1.54) is 36.0 Å². The first-order chi connectivity index (χ1) is 13.9. The first-order valence-electron chi connectivity index (χ1n) is 8.58. The Hall–Kier alpha value is -2.84. The summed E-state index contributed by atoms with van der Waals surface area (Å²) in [5.41, 5.74) is 1.89. The number of benzene rings is 1. The molecule has 2 aromatic rings. The van der Waals surface area contributed by atoms with E-state index in [1.807, 2.05) is 6.92 Å². The summed E-state index contributed by atoms with van der Waals surface area (Å²) < 4.78 is 25.7. The zero-order chi connectivity index (χ0) is 21.3. The zero-order valence-corrected chi connectivity index (χ0v) is 17.4. The number of amidine groups is 1. The average Bonchev–Trinajstić information content (AvgIpc) is 3.10. The van der Waals surface area contributed by atoms with Crippen molar-refractivity contribution >= 4 is 27.4 Å². The lowest BCUT2D eigenvalue weighted by atomic mass is 10.4. The number of imidazole rings is 1. The van der Waals surface area contributed by atoms with Crippen LogP contribution in [0.4, 0.5) is 0 Å². The van der Waals surface area contributed by atoms with Gasteiger partial charge in [-0.05, 0) is 19.1 Å². The van der Waals surface area contributed by atoms with Gasteiger partial charge in [0.25, 0.3) is 9.84 Å². The molecule has 2 rings (SSSR count). The molecule has 0 fully saturated rings. The summed E-state index contributed by atoms with van der Waals surface area (Å²) in [7, 11) is -4.30. The maximum absolute atomic E-state index is 12.8. The molecule has 1 aromatic heterocycles. The van der Waals surface area contributed by atoms with Crippen LogP contribution >= 0.6 is 11.8 Å². The number of hydrogen-bond acceptors (Lipinski definition) is 7. The van der Waals surface area contributed by atoms with E-state index >= 15 is 0 Å². The van der Waals surface area contributed by atoms with Crippen LogP contribution in [0.1, 0.15) is 11.4 Å². The van der Waals surface area contributed by atoms with Gasteiger partial charge < -0.3 is 10.3 Å². The molecule has 0 aliphatic rings. The van der Waals surface area contributed by atoms with Gasteiger partial charge in [0.15, 0.2) is 5.84 Å². The Morgan fingerprint density at radius 2 is 2.17 bits per heavy atom. The molecule has 1 atom stereocenters. The fraction of sp³-hybridized carbons (Fsp3) is 0.333. The van der Waals surface area contributed by atoms with Crippen LogP contribution in [0.15, 0.2) is 46.5 Å². The predicted octanol–water partition coefficient (Wildman–Crippen LogP) is 1.65. The second-order valence-corrected chi connectivity index (χ2v) is 8.96. The molecular weight excluding hydrogens is 414 g/mol. The van der Waals surface area contributed by atoms with Gasteiger partial charge in [0.05, 0.1) is 30.0 Å². The average molecular weight is 436 g/mol. The first kappa shape index (κ1) is 22.4. The van der Waals surface area contributed by atoms with Crippen molar-refractivity contribution in [2.75, 3.05) is 18.8 Å². The van der Waals surface area contributed by atoms with Crippen LogP contribution in [0, 0.1) is 29.4 Å². The SMILES string of the molecule is C#CCNC(=NCCSCc1nc[nH]c1C)C([N+](=O)[O-])S(=O)(=O)c1ccccc1. The number of nitrogens with one attached hydrogen (secondary N) is 2. The van der Waals surface area contributed by atoms with E-state index in [2.05, 4.69) is 26.2 Å². The minimum atomic E-state index is -4.30. The van der Waals surface area contributed by atoms with E-state index in [4.69, 9.17) is 6.42 Å². The Morgan fingerprint density at radius 1 is 1.45 bits per heavy atom. The number of aromatic amines is 1. The topological polar surface area (TPSA) is 130 Å². The zero-order valence-electron chi connectivity index (χ0n) is 15.7. The van der Waals surface area contributed by atoms with E-state index in [0.717, 1.165) is 11.4 Å². The van der Waals surface area contributed by atoms with Crippen LogP contribution in [0.3, 0.4) is 0 Å². The largest absolute Gasteiger partial charge is 0.370 e. The molecular formula is C18H21N5O4S2. The Bertz CT molecular complexity index is 997. The predicted molar refractivity (Wildman–Crippen MR) is 113 cm³/mol. The van der Waals surface area contributed by atoms with Gasteiger partial charge in [-0.3, -0.25) is 15.1 Å². The third kappa shape index (κ3) is 6.07. The number of rotatable bonds is 10. The van der Waals surface area contributed by atoms with E-state index in [-0.39, 0.29) is 23.8 Å². The number of sulfone groups is 1. The van der Waals surface area contributed by atoms with Crippen molar-refractivity contribution in [1.29, 1.82) is 0 Å². The molecule has 0 aliphatic carbocycles. The minimum Gasteiger partial charge on any atom is -0.356 e. The summed E-state index contributed by atoms with van der Waals surface area (Å²) in [4.78, 5) is 22.0. The van der Waals surface area contributed by atoms with Crippen LogP contribution in [-0.4, -0.2) is 53.4 Å². The standard InChI is InChI=1S/C18H21N5O4S2/c1-3-9-19-17(20-10-11-28-12-16-14(2)21-13-22-16)18(23(24)25)29(26,27)15-7-5-4-6-8-15/h1,4-8,13,18H,9-12H2,2H3,(H,19,20)(H,21,22). The Balaban J connectivity index is 2.16. The van der Waals surface area contributed by atoms with Gasteiger partial charge in [-0.25, -0.2) is 13.4 Å². The normalized spacial score (nSPS) is 12.9. The molecule has 2 N–H and O–H groups in total. The van der Waals surface area contributed by atoms with Crippen molar-refractivity contribution in [1.82, 2.24) is 15.3 Å². The summed E-state index contributed by atoms with van der Waals surface area (Å²) in [5.74, 6) is 3.20. The fourth-order valence-corrected chi connectivity index (χ4v) is 4.72. The summed E-state index contributed by atoms with van der Waals surface area (Å²) >= 11 is 1.54. The molecule has 1 unspecified atom stereocenters. The molecule has 1 heterocycles. The Morgan fingerprint density at radius 3 is 2.76 bits per heavy atom. The highest BCUT2D eigenvalue weighted by molar-refractivity contribution is 7.98. The quantitative estimate of drug-likeness (QED) is 0.145. The molecule has 11 heteroatoms. The van der Waals surface area contributed by atoms with Crippen LogP contribution in [0.5, 0.6) is 0 Å². The number of aromatic nitrogens is 2. The van der Waals surface area contributed by atoms with Crippen molar-refractivity contribution in [2.45, 2.75) is 22.9 Å². The van der Waals surface area contributed by atoms with Gasteiger partial charge in [-0.15, -0.1) is 6.42 Å². The molecule has 29 heavy (non-hydrogen) atoms. The van der Waals surface area contributed by atoms with Gasteiger partial charge in [0, 0.05) is 22.1 Å². The van der Waals surface area contributed by atoms with Crippen molar-refractivity contribution in [3.05, 3.63) is 58.2 Å². The van der Waals surface area contributed by atoms with Gasteiger partial charge in [-0.2, -0.15) is 11.8 Å². The number of hydrogen-bond donors (Lipinski definition) is 2. The highest BCUT2D eigenvalue weighted by Gasteiger charge is 2.42. The molecule has 154 valence electrons. The van der Waals surface area contributed by atoms with Crippen LogP contribution in [-0.2, 0) is 15.6 Å². The monoisotopic (exact) mass is 435 g/mol. The highest BCUT2D eigenvalue weighted by atomic mass is 32.2. The number of H-pyrrole nitrogens is 1. The summed E-state index contributed by atoms with van der Waals surface area (Å²) in [6.07, 6.45) is 6.83.